The molecule has 0 aliphatic carbocycles. The van der Waals surface area contributed by atoms with E-state index in [-0.39, 0.29) is 11.3 Å². The maximum atomic E-state index is 12.9. The lowest BCUT2D eigenvalue weighted by molar-refractivity contribution is -0.274. The van der Waals surface area contributed by atoms with Gasteiger partial charge in [-0.25, -0.2) is 0 Å². The van der Waals surface area contributed by atoms with Crippen LogP contribution in [0, 0.1) is 5.92 Å². The number of ketones is 1. The number of hydrogen-bond donors (Lipinski definition) is 1. The fourth-order valence-corrected chi connectivity index (χ4v) is 3.37. The SMILES string of the molecule is COc1cccc(C2C(C(=O)C(C)C)=C(O)C(=O)N2c2ccc(OC(F)(F)F)cc2)c1. The molecule has 1 aliphatic heterocycles. The Morgan fingerprint density at radius 3 is 2.29 bits per heavy atom. The number of alkyl halides is 3. The molecule has 31 heavy (non-hydrogen) atoms. The summed E-state index contributed by atoms with van der Waals surface area (Å²) in [5.74, 6) is -2.43. The summed E-state index contributed by atoms with van der Waals surface area (Å²) in [6, 6.07) is 10.3. The standard InChI is InChI=1S/C22H20F3NO5/c1-12(2)19(27)17-18(13-5-4-6-16(11-13)30-3)26(21(29)20(17)28)14-7-9-15(10-8-14)31-22(23,24)25/h4-12,18,28H,1-3H3. The topological polar surface area (TPSA) is 76.1 Å². The Morgan fingerprint density at radius 2 is 1.74 bits per heavy atom. The molecule has 6 nitrogen and oxygen atoms in total. The molecule has 9 heteroatoms. The number of hydrogen-bond acceptors (Lipinski definition) is 5. The molecule has 1 atom stereocenters. The highest BCUT2D eigenvalue weighted by Gasteiger charge is 2.45. The van der Waals surface area contributed by atoms with E-state index in [0.29, 0.717) is 11.3 Å². The molecule has 1 N–H and O–H groups in total. The van der Waals surface area contributed by atoms with E-state index in [0.717, 1.165) is 17.0 Å². The number of Topliss-reactive ketones (excluding diaryl/α,β-unsaturated/α-hetero) is 1. The van der Waals surface area contributed by atoms with Crippen LogP contribution in [-0.4, -0.2) is 30.3 Å². The quantitative estimate of drug-likeness (QED) is 0.711. The number of halogens is 3. The van der Waals surface area contributed by atoms with Crippen molar-refractivity contribution in [1.82, 2.24) is 0 Å². The van der Waals surface area contributed by atoms with E-state index in [2.05, 4.69) is 4.74 Å². The fourth-order valence-electron chi connectivity index (χ4n) is 3.37. The molecule has 0 spiro atoms. The number of aliphatic hydroxyl groups is 1. The van der Waals surface area contributed by atoms with Gasteiger partial charge in [0.25, 0.3) is 5.91 Å². The molecule has 3 rings (SSSR count). The van der Waals surface area contributed by atoms with Crippen LogP contribution in [0.2, 0.25) is 0 Å². The van der Waals surface area contributed by atoms with Crippen LogP contribution < -0.4 is 14.4 Å². The maximum absolute atomic E-state index is 12.9. The summed E-state index contributed by atoms with van der Waals surface area (Å²) >= 11 is 0. The third-order valence-corrected chi connectivity index (χ3v) is 4.76. The predicted octanol–water partition coefficient (Wildman–Crippen LogP) is 4.72. The van der Waals surface area contributed by atoms with Gasteiger partial charge in [0.1, 0.15) is 11.5 Å². The predicted molar refractivity (Wildman–Crippen MR) is 106 cm³/mol. The average molecular weight is 435 g/mol. The molecule has 1 heterocycles. The zero-order valence-corrected chi connectivity index (χ0v) is 16.9. The van der Waals surface area contributed by atoms with Gasteiger partial charge in [0.05, 0.1) is 18.7 Å². The number of amides is 1. The van der Waals surface area contributed by atoms with Crippen molar-refractivity contribution in [3.05, 3.63) is 65.4 Å². The van der Waals surface area contributed by atoms with Gasteiger partial charge in [0.15, 0.2) is 11.5 Å². The van der Waals surface area contributed by atoms with Crippen molar-refractivity contribution in [2.24, 2.45) is 5.92 Å². The molecule has 0 saturated carbocycles. The largest absolute Gasteiger partial charge is 0.573 e. The summed E-state index contributed by atoms with van der Waals surface area (Å²) in [6.07, 6.45) is -4.86. The number of rotatable bonds is 6. The first kappa shape index (κ1) is 22.2. The monoisotopic (exact) mass is 435 g/mol. The van der Waals surface area contributed by atoms with Gasteiger partial charge < -0.3 is 14.6 Å². The van der Waals surface area contributed by atoms with Gasteiger partial charge in [0.2, 0.25) is 0 Å². The first-order chi connectivity index (χ1) is 14.5. The van der Waals surface area contributed by atoms with E-state index in [4.69, 9.17) is 4.74 Å². The molecule has 2 aromatic rings. The molecule has 0 radical (unpaired) electrons. The minimum atomic E-state index is -4.86. The van der Waals surface area contributed by atoms with E-state index in [9.17, 15) is 27.9 Å². The van der Waals surface area contributed by atoms with Crippen molar-refractivity contribution >= 4 is 17.4 Å². The number of benzene rings is 2. The van der Waals surface area contributed by atoms with E-state index < -0.39 is 41.5 Å². The number of carbonyl (C=O) groups excluding carboxylic acids is 2. The van der Waals surface area contributed by atoms with Gasteiger partial charge in [-0.2, -0.15) is 0 Å². The second-order valence-electron chi connectivity index (χ2n) is 7.18. The van der Waals surface area contributed by atoms with Crippen molar-refractivity contribution in [3.8, 4) is 11.5 Å². The van der Waals surface area contributed by atoms with Crippen molar-refractivity contribution in [2.75, 3.05) is 12.0 Å². The van der Waals surface area contributed by atoms with Gasteiger partial charge >= 0.3 is 6.36 Å². The van der Waals surface area contributed by atoms with Gasteiger partial charge in [0, 0.05) is 11.6 Å². The van der Waals surface area contributed by atoms with Crippen LogP contribution in [0.25, 0.3) is 0 Å². The van der Waals surface area contributed by atoms with Crippen LogP contribution in [0.1, 0.15) is 25.5 Å². The number of nitrogens with zero attached hydrogens (tertiary/aromatic N) is 1. The van der Waals surface area contributed by atoms with Crippen LogP contribution >= 0.6 is 0 Å². The van der Waals surface area contributed by atoms with Crippen molar-refractivity contribution < 1.29 is 37.3 Å². The fraction of sp³-hybridized carbons (Fsp3) is 0.273. The minimum absolute atomic E-state index is 0.0797. The Bertz CT molecular complexity index is 1030. The third kappa shape index (κ3) is 4.50. The Morgan fingerprint density at radius 1 is 1.10 bits per heavy atom. The summed E-state index contributed by atoms with van der Waals surface area (Å²) in [5.41, 5.74) is 0.602. The Hall–Kier alpha value is -3.49. The van der Waals surface area contributed by atoms with Crippen LogP contribution in [0.4, 0.5) is 18.9 Å². The summed E-state index contributed by atoms with van der Waals surface area (Å²) in [5, 5.41) is 10.5. The average Bonchev–Trinajstić information content (AvgIpc) is 2.98. The number of carbonyl (C=O) groups is 2. The zero-order valence-electron chi connectivity index (χ0n) is 16.9. The van der Waals surface area contributed by atoms with Gasteiger partial charge in [-0.15, -0.1) is 13.2 Å². The second kappa shape index (κ2) is 8.33. The van der Waals surface area contributed by atoms with Crippen LogP contribution in [0.3, 0.4) is 0 Å². The van der Waals surface area contributed by atoms with Crippen LogP contribution in [0.15, 0.2) is 59.9 Å². The Labute approximate surface area is 176 Å². The second-order valence-corrected chi connectivity index (χ2v) is 7.18. The highest BCUT2D eigenvalue weighted by Crippen LogP contribution is 2.43. The lowest BCUT2D eigenvalue weighted by Gasteiger charge is -2.27. The molecule has 2 aromatic carbocycles. The third-order valence-electron chi connectivity index (χ3n) is 4.76. The van der Waals surface area contributed by atoms with Crippen molar-refractivity contribution in [1.29, 1.82) is 0 Å². The molecule has 164 valence electrons. The van der Waals surface area contributed by atoms with Crippen LogP contribution in [-0.2, 0) is 9.59 Å². The first-order valence-corrected chi connectivity index (χ1v) is 9.34. The molecule has 1 unspecified atom stereocenters. The summed E-state index contributed by atoms with van der Waals surface area (Å²) < 4.78 is 46.4. The van der Waals surface area contributed by atoms with Crippen molar-refractivity contribution in [3.63, 3.8) is 0 Å². The number of methoxy groups -OCH3 is 1. The van der Waals surface area contributed by atoms with Gasteiger partial charge in [-0.05, 0) is 42.0 Å². The number of ether oxygens (including phenoxy) is 2. The molecular formula is C22H20F3NO5. The van der Waals surface area contributed by atoms with Gasteiger partial charge in [-0.1, -0.05) is 26.0 Å². The van der Waals surface area contributed by atoms with Crippen molar-refractivity contribution in [2.45, 2.75) is 26.3 Å². The summed E-state index contributed by atoms with van der Waals surface area (Å²) in [6.45, 7) is 3.28. The van der Waals surface area contributed by atoms with E-state index >= 15 is 0 Å². The van der Waals surface area contributed by atoms with E-state index in [1.54, 1.807) is 38.1 Å². The lowest BCUT2D eigenvalue weighted by atomic mass is 9.91. The molecular weight excluding hydrogens is 415 g/mol. The van der Waals surface area contributed by atoms with E-state index in [1.807, 2.05) is 0 Å². The molecule has 0 bridgehead atoms. The summed E-state index contributed by atoms with van der Waals surface area (Å²) in [4.78, 5) is 26.9. The maximum Gasteiger partial charge on any atom is 0.573 e. The highest BCUT2D eigenvalue weighted by molar-refractivity contribution is 6.16. The number of anilines is 1. The van der Waals surface area contributed by atoms with Crippen LogP contribution in [0.5, 0.6) is 11.5 Å². The molecule has 1 aliphatic rings. The molecule has 1 amide bonds. The first-order valence-electron chi connectivity index (χ1n) is 9.34. The lowest BCUT2D eigenvalue weighted by Crippen LogP contribution is -2.31. The Balaban J connectivity index is 2.09. The highest BCUT2D eigenvalue weighted by atomic mass is 19.4. The molecule has 0 fully saturated rings. The molecule has 0 aromatic heterocycles. The number of aliphatic hydroxyl groups excluding tert-OH is 1. The van der Waals surface area contributed by atoms with Gasteiger partial charge in [-0.3, -0.25) is 14.5 Å². The molecule has 0 saturated heterocycles. The summed E-state index contributed by atoms with van der Waals surface area (Å²) in [7, 11) is 1.46. The van der Waals surface area contributed by atoms with E-state index in [1.165, 1.54) is 19.2 Å². The zero-order chi connectivity index (χ0) is 22.9. The normalized spacial score (nSPS) is 16.8. The Kier molecular flexibility index (Phi) is 5.97. The minimum Gasteiger partial charge on any atom is -0.503 e. The smallest absolute Gasteiger partial charge is 0.503 e.